The summed E-state index contributed by atoms with van der Waals surface area (Å²) in [6.45, 7) is 4.84. The van der Waals surface area contributed by atoms with Gasteiger partial charge in [0, 0.05) is 32.2 Å². The predicted molar refractivity (Wildman–Crippen MR) is 92.4 cm³/mol. The first-order chi connectivity index (χ1) is 9.28. The molecule has 1 atom stereocenters. The van der Waals surface area contributed by atoms with Crippen molar-refractivity contribution in [2.24, 2.45) is 0 Å². The van der Waals surface area contributed by atoms with Crippen LogP contribution in [-0.2, 0) is 12.8 Å². The Morgan fingerprint density at radius 3 is 2.48 bits per heavy atom. The number of ether oxygens (including phenoxy) is 1. The molecule has 1 aromatic carbocycles. The molecule has 1 saturated heterocycles. The Morgan fingerprint density at radius 1 is 1.10 bits per heavy atom. The average Bonchev–Trinajstić information content (AvgIpc) is 2.47. The monoisotopic (exact) mass is 332 g/mol. The maximum absolute atomic E-state index is 5.54. The third-order valence-corrected chi connectivity index (χ3v) is 4.69. The summed E-state index contributed by atoms with van der Waals surface area (Å²) < 4.78 is 5.54. The first-order valence-corrected chi connectivity index (χ1v) is 7.35. The van der Waals surface area contributed by atoms with Gasteiger partial charge in [-0.1, -0.05) is 12.1 Å². The summed E-state index contributed by atoms with van der Waals surface area (Å²) in [5.74, 6) is 1.08. The number of hydrogen-bond donors (Lipinski definition) is 0. The molecular weight excluding hydrogens is 307 g/mol. The molecular formula is C16H26Cl2N2O. The molecule has 0 radical (unpaired) electrons. The molecule has 120 valence electrons. The summed E-state index contributed by atoms with van der Waals surface area (Å²) in [4.78, 5) is 5.10. The third-order valence-electron chi connectivity index (χ3n) is 4.69. The van der Waals surface area contributed by atoms with Gasteiger partial charge in [0.2, 0.25) is 0 Å². The molecule has 1 aromatic rings. The second-order valence-electron chi connectivity index (χ2n) is 5.83. The fourth-order valence-electron chi connectivity index (χ4n) is 3.43. The summed E-state index contributed by atoms with van der Waals surface area (Å²) in [6.07, 6.45) is 3.65. The third kappa shape index (κ3) is 4.04. The Hall–Kier alpha value is -0.480. The van der Waals surface area contributed by atoms with E-state index in [4.69, 9.17) is 4.74 Å². The van der Waals surface area contributed by atoms with Crippen LogP contribution in [0.4, 0.5) is 0 Å². The fraction of sp³-hybridized carbons (Fsp3) is 0.625. The van der Waals surface area contributed by atoms with E-state index < -0.39 is 0 Å². The number of methoxy groups -OCH3 is 1. The van der Waals surface area contributed by atoms with Crippen LogP contribution in [0, 0.1) is 0 Å². The van der Waals surface area contributed by atoms with E-state index in [0.29, 0.717) is 6.04 Å². The number of benzene rings is 1. The van der Waals surface area contributed by atoms with Gasteiger partial charge in [0.1, 0.15) is 5.75 Å². The number of fused-ring (bicyclic) bond motifs is 1. The molecule has 0 aromatic heterocycles. The highest BCUT2D eigenvalue weighted by Crippen LogP contribution is 2.31. The van der Waals surface area contributed by atoms with Crippen molar-refractivity contribution >= 4 is 24.8 Å². The first kappa shape index (κ1) is 18.6. The van der Waals surface area contributed by atoms with Gasteiger partial charge in [-0.3, -0.25) is 4.90 Å². The Kier molecular flexibility index (Phi) is 7.28. The van der Waals surface area contributed by atoms with Crippen LogP contribution in [0.1, 0.15) is 17.5 Å². The van der Waals surface area contributed by atoms with Gasteiger partial charge in [-0.25, -0.2) is 0 Å². The van der Waals surface area contributed by atoms with Crippen LogP contribution in [-0.4, -0.2) is 56.2 Å². The van der Waals surface area contributed by atoms with E-state index in [1.807, 2.05) is 0 Å². The molecule has 1 heterocycles. The molecule has 1 unspecified atom stereocenters. The minimum Gasteiger partial charge on any atom is -0.496 e. The van der Waals surface area contributed by atoms with Gasteiger partial charge in [-0.05, 0) is 43.5 Å². The molecule has 2 aliphatic rings. The Labute approximate surface area is 140 Å². The van der Waals surface area contributed by atoms with Crippen LogP contribution < -0.4 is 4.74 Å². The number of nitrogens with zero attached hydrogens (tertiary/aromatic N) is 2. The highest BCUT2D eigenvalue weighted by atomic mass is 35.5. The van der Waals surface area contributed by atoms with Gasteiger partial charge in [0.15, 0.2) is 0 Å². The maximum Gasteiger partial charge on any atom is 0.122 e. The number of aryl methyl sites for hydroxylation is 1. The van der Waals surface area contributed by atoms with Crippen LogP contribution in [0.3, 0.4) is 0 Å². The van der Waals surface area contributed by atoms with E-state index in [1.54, 1.807) is 7.11 Å². The van der Waals surface area contributed by atoms with Crippen molar-refractivity contribution in [1.29, 1.82) is 0 Å². The normalized spacial score (nSPS) is 22.7. The van der Waals surface area contributed by atoms with Gasteiger partial charge < -0.3 is 9.64 Å². The van der Waals surface area contributed by atoms with Gasteiger partial charge >= 0.3 is 0 Å². The van der Waals surface area contributed by atoms with Crippen molar-refractivity contribution in [3.8, 4) is 5.75 Å². The highest BCUT2D eigenvalue weighted by Gasteiger charge is 2.27. The molecule has 0 bridgehead atoms. The number of rotatable bonds is 2. The minimum atomic E-state index is 0. The Balaban J connectivity index is 0.00000110. The number of hydrogen-bond acceptors (Lipinski definition) is 3. The summed E-state index contributed by atoms with van der Waals surface area (Å²) in [7, 11) is 4.01. The molecule has 1 aliphatic heterocycles. The van der Waals surface area contributed by atoms with Crippen molar-refractivity contribution in [3.05, 3.63) is 29.3 Å². The lowest BCUT2D eigenvalue weighted by Gasteiger charge is -2.40. The number of halogens is 2. The summed E-state index contributed by atoms with van der Waals surface area (Å²) in [6, 6.07) is 7.19. The Morgan fingerprint density at radius 2 is 1.81 bits per heavy atom. The van der Waals surface area contributed by atoms with Crippen LogP contribution in [0.2, 0.25) is 0 Å². The number of likely N-dealkylation sites (N-methyl/N-ethyl adjacent to an activating group) is 1. The van der Waals surface area contributed by atoms with Gasteiger partial charge in [0.25, 0.3) is 0 Å². The zero-order chi connectivity index (χ0) is 13.2. The second kappa shape index (κ2) is 8.23. The minimum absolute atomic E-state index is 0. The van der Waals surface area contributed by atoms with E-state index in [-0.39, 0.29) is 24.8 Å². The van der Waals surface area contributed by atoms with Gasteiger partial charge in [-0.2, -0.15) is 0 Å². The second-order valence-corrected chi connectivity index (χ2v) is 5.83. The molecule has 21 heavy (non-hydrogen) atoms. The van der Waals surface area contributed by atoms with Crippen molar-refractivity contribution in [2.75, 3.05) is 40.3 Å². The lowest BCUT2D eigenvalue weighted by molar-refractivity contribution is 0.103. The molecule has 0 saturated carbocycles. The topological polar surface area (TPSA) is 15.7 Å². The Bertz CT molecular complexity index is 434. The van der Waals surface area contributed by atoms with Crippen LogP contribution in [0.5, 0.6) is 5.75 Å². The molecule has 1 aliphatic carbocycles. The summed E-state index contributed by atoms with van der Waals surface area (Å²) in [5, 5.41) is 0. The first-order valence-electron chi connectivity index (χ1n) is 7.35. The van der Waals surface area contributed by atoms with Crippen molar-refractivity contribution < 1.29 is 4.74 Å². The van der Waals surface area contributed by atoms with E-state index in [2.05, 4.69) is 35.0 Å². The highest BCUT2D eigenvalue weighted by molar-refractivity contribution is 5.85. The molecule has 0 N–H and O–H groups in total. The zero-order valence-corrected chi connectivity index (χ0v) is 14.5. The van der Waals surface area contributed by atoms with Gasteiger partial charge in [0.05, 0.1) is 7.11 Å². The molecule has 5 heteroatoms. The van der Waals surface area contributed by atoms with Crippen LogP contribution >= 0.6 is 24.8 Å². The summed E-state index contributed by atoms with van der Waals surface area (Å²) in [5.41, 5.74) is 2.94. The van der Waals surface area contributed by atoms with E-state index in [1.165, 1.54) is 50.1 Å². The smallest absolute Gasteiger partial charge is 0.122 e. The van der Waals surface area contributed by atoms with Crippen molar-refractivity contribution in [3.63, 3.8) is 0 Å². The number of piperazine rings is 1. The quantitative estimate of drug-likeness (QED) is 0.828. The van der Waals surface area contributed by atoms with Crippen molar-refractivity contribution in [2.45, 2.75) is 25.3 Å². The largest absolute Gasteiger partial charge is 0.496 e. The standard InChI is InChI=1S/C16H24N2O.2ClH/c1-17-8-10-18(11-9-17)14-7-6-13-4-3-5-16(19-2)15(13)12-14;;/h3-5,14H,6-12H2,1-2H3;2*1H. The lowest BCUT2D eigenvalue weighted by Crippen LogP contribution is -2.50. The SMILES string of the molecule is COc1cccc2c1CC(N1CCN(C)CC1)CC2.Cl.Cl. The maximum atomic E-state index is 5.54. The van der Waals surface area contributed by atoms with Gasteiger partial charge in [-0.15, -0.1) is 24.8 Å². The van der Waals surface area contributed by atoms with Crippen LogP contribution in [0.25, 0.3) is 0 Å². The molecule has 0 spiro atoms. The molecule has 0 amide bonds. The van der Waals surface area contributed by atoms with E-state index in [0.717, 1.165) is 12.2 Å². The lowest BCUT2D eigenvalue weighted by atomic mass is 9.86. The predicted octanol–water partition coefficient (Wildman–Crippen LogP) is 2.64. The van der Waals surface area contributed by atoms with Crippen LogP contribution in [0.15, 0.2) is 18.2 Å². The summed E-state index contributed by atoms with van der Waals surface area (Å²) >= 11 is 0. The molecule has 3 nitrogen and oxygen atoms in total. The fourth-order valence-corrected chi connectivity index (χ4v) is 3.43. The molecule has 1 fully saturated rings. The van der Waals surface area contributed by atoms with E-state index in [9.17, 15) is 0 Å². The molecule has 3 rings (SSSR count). The van der Waals surface area contributed by atoms with E-state index >= 15 is 0 Å². The zero-order valence-electron chi connectivity index (χ0n) is 12.9. The van der Waals surface area contributed by atoms with Crippen molar-refractivity contribution in [1.82, 2.24) is 9.80 Å². The average molecular weight is 333 g/mol.